The smallest absolute Gasteiger partial charge is 0.0314 e. The largest absolute Gasteiger partial charge is 0.399 e. The summed E-state index contributed by atoms with van der Waals surface area (Å²) < 4.78 is 0. The third kappa shape index (κ3) is 4.67. The van der Waals surface area contributed by atoms with E-state index in [1.54, 1.807) is 0 Å². The van der Waals surface area contributed by atoms with Gasteiger partial charge in [-0.3, -0.25) is 4.90 Å². The van der Waals surface area contributed by atoms with Crippen LogP contribution in [0.4, 0.5) is 5.69 Å². The van der Waals surface area contributed by atoms with Gasteiger partial charge in [-0.25, -0.2) is 0 Å². The molecule has 0 radical (unpaired) electrons. The summed E-state index contributed by atoms with van der Waals surface area (Å²) in [6.07, 6.45) is 1.21. The first-order valence-corrected chi connectivity index (χ1v) is 6.18. The Kier molecular flexibility index (Phi) is 5.33. The molecule has 90 valence electrons. The Labute approximate surface area is 99.5 Å². The SMILES string of the molecule is CCCN(Cc1ccc(N)cc1)CC(C)C. The van der Waals surface area contributed by atoms with Gasteiger partial charge in [-0.1, -0.05) is 32.9 Å². The maximum Gasteiger partial charge on any atom is 0.0314 e. The normalized spacial score (nSPS) is 11.3. The summed E-state index contributed by atoms with van der Waals surface area (Å²) in [6, 6.07) is 8.21. The Morgan fingerprint density at radius 3 is 2.31 bits per heavy atom. The fourth-order valence-corrected chi connectivity index (χ4v) is 1.95. The van der Waals surface area contributed by atoms with Gasteiger partial charge in [-0.05, 0) is 36.6 Å². The van der Waals surface area contributed by atoms with E-state index in [-0.39, 0.29) is 0 Å². The van der Waals surface area contributed by atoms with Gasteiger partial charge >= 0.3 is 0 Å². The summed E-state index contributed by atoms with van der Waals surface area (Å²) in [5.41, 5.74) is 7.88. The van der Waals surface area contributed by atoms with E-state index in [4.69, 9.17) is 5.73 Å². The maximum atomic E-state index is 5.68. The van der Waals surface area contributed by atoms with Crippen LogP contribution < -0.4 is 5.73 Å². The molecule has 0 aliphatic rings. The van der Waals surface area contributed by atoms with Crippen LogP contribution in [0.15, 0.2) is 24.3 Å². The van der Waals surface area contributed by atoms with Crippen molar-refractivity contribution in [3.05, 3.63) is 29.8 Å². The molecule has 0 saturated heterocycles. The van der Waals surface area contributed by atoms with Gasteiger partial charge in [0.15, 0.2) is 0 Å². The number of rotatable bonds is 6. The minimum Gasteiger partial charge on any atom is -0.399 e. The van der Waals surface area contributed by atoms with Gasteiger partial charge < -0.3 is 5.73 Å². The van der Waals surface area contributed by atoms with E-state index in [1.807, 2.05) is 12.1 Å². The van der Waals surface area contributed by atoms with Crippen LogP contribution >= 0.6 is 0 Å². The second-order valence-electron chi connectivity index (χ2n) is 4.87. The predicted molar refractivity (Wildman–Crippen MR) is 71.3 cm³/mol. The number of nitrogens with zero attached hydrogens (tertiary/aromatic N) is 1. The minimum atomic E-state index is 0.723. The topological polar surface area (TPSA) is 29.3 Å². The fraction of sp³-hybridized carbons (Fsp3) is 0.571. The van der Waals surface area contributed by atoms with E-state index in [2.05, 4.69) is 37.8 Å². The van der Waals surface area contributed by atoms with Crippen LogP contribution in [-0.4, -0.2) is 18.0 Å². The quantitative estimate of drug-likeness (QED) is 0.746. The molecule has 2 N–H and O–H groups in total. The molecule has 0 atom stereocenters. The van der Waals surface area contributed by atoms with Crippen molar-refractivity contribution in [2.45, 2.75) is 33.7 Å². The number of hydrogen-bond acceptors (Lipinski definition) is 2. The molecule has 0 amide bonds. The summed E-state index contributed by atoms with van der Waals surface area (Å²) in [5.74, 6) is 0.723. The van der Waals surface area contributed by atoms with Crippen LogP contribution in [0, 0.1) is 5.92 Å². The molecule has 1 aromatic carbocycles. The number of nitrogen functional groups attached to an aromatic ring is 1. The molecule has 1 rings (SSSR count). The highest BCUT2D eigenvalue weighted by Gasteiger charge is 2.06. The number of benzene rings is 1. The number of nitrogens with two attached hydrogens (primary N) is 1. The molecule has 2 heteroatoms. The highest BCUT2D eigenvalue weighted by atomic mass is 15.1. The maximum absolute atomic E-state index is 5.68. The van der Waals surface area contributed by atoms with Gasteiger partial charge in [0.25, 0.3) is 0 Å². The van der Waals surface area contributed by atoms with Crippen molar-refractivity contribution in [2.75, 3.05) is 18.8 Å². The molecular formula is C14H24N2. The molecule has 2 nitrogen and oxygen atoms in total. The van der Waals surface area contributed by atoms with Crippen molar-refractivity contribution < 1.29 is 0 Å². The van der Waals surface area contributed by atoms with Crippen LogP contribution in [-0.2, 0) is 6.54 Å². The van der Waals surface area contributed by atoms with Crippen molar-refractivity contribution >= 4 is 5.69 Å². The van der Waals surface area contributed by atoms with Crippen molar-refractivity contribution in [1.29, 1.82) is 0 Å². The molecule has 0 unspecified atom stereocenters. The van der Waals surface area contributed by atoms with E-state index in [0.29, 0.717) is 0 Å². The first kappa shape index (κ1) is 13.0. The Morgan fingerprint density at radius 2 is 1.81 bits per heavy atom. The Hall–Kier alpha value is -1.02. The van der Waals surface area contributed by atoms with Gasteiger partial charge in [0.05, 0.1) is 0 Å². The standard InChI is InChI=1S/C14H24N2/c1-4-9-16(10-12(2)3)11-13-5-7-14(15)8-6-13/h5-8,12H,4,9-11,15H2,1-3H3. The fourth-order valence-electron chi connectivity index (χ4n) is 1.95. The van der Waals surface area contributed by atoms with Gasteiger partial charge in [0, 0.05) is 18.8 Å². The molecule has 1 aromatic rings. The van der Waals surface area contributed by atoms with Crippen LogP contribution in [0.2, 0.25) is 0 Å². The minimum absolute atomic E-state index is 0.723. The van der Waals surface area contributed by atoms with Crippen molar-refractivity contribution in [1.82, 2.24) is 4.90 Å². The molecule has 0 heterocycles. The van der Waals surface area contributed by atoms with Crippen LogP contribution in [0.3, 0.4) is 0 Å². The lowest BCUT2D eigenvalue weighted by Gasteiger charge is -2.23. The first-order chi connectivity index (χ1) is 7.61. The molecule has 0 aliphatic heterocycles. The van der Waals surface area contributed by atoms with Crippen molar-refractivity contribution in [2.24, 2.45) is 5.92 Å². The van der Waals surface area contributed by atoms with Crippen molar-refractivity contribution in [3.8, 4) is 0 Å². The van der Waals surface area contributed by atoms with E-state index in [0.717, 1.165) is 24.7 Å². The van der Waals surface area contributed by atoms with Crippen LogP contribution in [0.25, 0.3) is 0 Å². The van der Waals surface area contributed by atoms with Gasteiger partial charge in [0.2, 0.25) is 0 Å². The van der Waals surface area contributed by atoms with Gasteiger partial charge in [0.1, 0.15) is 0 Å². The Balaban J connectivity index is 2.56. The molecule has 0 aliphatic carbocycles. The van der Waals surface area contributed by atoms with E-state index >= 15 is 0 Å². The lowest BCUT2D eigenvalue weighted by atomic mass is 10.1. The zero-order valence-corrected chi connectivity index (χ0v) is 10.7. The molecule has 0 bridgehead atoms. The molecule has 0 aromatic heterocycles. The average molecular weight is 220 g/mol. The summed E-state index contributed by atoms with van der Waals surface area (Å²) in [5, 5.41) is 0. The van der Waals surface area contributed by atoms with Crippen LogP contribution in [0.1, 0.15) is 32.8 Å². The summed E-state index contributed by atoms with van der Waals surface area (Å²) >= 11 is 0. The molecular weight excluding hydrogens is 196 g/mol. The summed E-state index contributed by atoms with van der Waals surface area (Å²) in [6.45, 7) is 10.1. The van der Waals surface area contributed by atoms with E-state index in [9.17, 15) is 0 Å². The summed E-state index contributed by atoms with van der Waals surface area (Å²) in [7, 11) is 0. The Morgan fingerprint density at radius 1 is 1.19 bits per heavy atom. The van der Waals surface area contributed by atoms with E-state index < -0.39 is 0 Å². The van der Waals surface area contributed by atoms with Gasteiger partial charge in [-0.15, -0.1) is 0 Å². The third-order valence-corrected chi connectivity index (χ3v) is 2.55. The molecule has 0 spiro atoms. The molecule has 0 saturated carbocycles. The monoisotopic (exact) mass is 220 g/mol. The zero-order chi connectivity index (χ0) is 12.0. The third-order valence-electron chi connectivity index (χ3n) is 2.55. The van der Waals surface area contributed by atoms with Crippen molar-refractivity contribution in [3.63, 3.8) is 0 Å². The second-order valence-corrected chi connectivity index (χ2v) is 4.87. The highest BCUT2D eigenvalue weighted by Crippen LogP contribution is 2.10. The zero-order valence-electron chi connectivity index (χ0n) is 10.7. The van der Waals surface area contributed by atoms with Crippen LogP contribution in [0.5, 0.6) is 0 Å². The second kappa shape index (κ2) is 6.54. The predicted octanol–water partition coefficient (Wildman–Crippen LogP) is 3.14. The molecule has 16 heavy (non-hydrogen) atoms. The van der Waals surface area contributed by atoms with Gasteiger partial charge in [-0.2, -0.15) is 0 Å². The lowest BCUT2D eigenvalue weighted by Crippen LogP contribution is -2.28. The number of hydrogen-bond donors (Lipinski definition) is 1. The summed E-state index contributed by atoms with van der Waals surface area (Å²) in [4.78, 5) is 2.51. The average Bonchev–Trinajstić information content (AvgIpc) is 2.21. The Bertz CT molecular complexity index is 290. The van der Waals surface area contributed by atoms with E-state index in [1.165, 1.54) is 18.5 Å². The first-order valence-electron chi connectivity index (χ1n) is 6.18. The number of anilines is 1. The lowest BCUT2D eigenvalue weighted by molar-refractivity contribution is 0.236. The highest BCUT2D eigenvalue weighted by molar-refractivity contribution is 5.39. The molecule has 0 fully saturated rings.